The van der Waals surface area contributed by atoms with Gasteiger partial charge in [-0.05, 0) is 17.7 Å². The number of amides is 1. The first-order valence-electron chi connectivity index (χ1n) is 3.97. The molecule has 1 aromatic carbocycles. The number of nitrogens with one attached hydrogen (secondary N) is 1. The van der Waals surface area contributed by atoms with Crippen molar-refractivity contribution >= 4 is 28.5 Å². The zero-order valence-electron chi connectivity index (χ0n) is 7.33. The summed E-state index contributed by atoms with van der Waals surface area (Å²) in [4.78, 5) is 10.9. The maximum atomic E-state index is 10.9. The molecule has 0 spiro atoms. The molecule has 0 aromatic heterocycles. The average molecular weight is 307 g/mol. The van der Waals surface area contributed by atoms with Crippen molar-refractivity contribution in [2.75, 3.05) is 4.43 Å². The smallest absolute Gasteiger partial charge is 0.230 e. The zero-order chi connectivity index (χ0) is 10.6. The average Bonchev–Trinajstić information content (AvgIpc) is 2.19. The highest BCUT2D eigenvalue weighted by atomic mass is 127. The van der Waals surface area contributed by atoms with E-state index in [0.29, 0.717) is 11.0 Å². The standard InChI is InChI=1S/C9H10INO3/c10-4-9(14)11-5-6-1-2-7(12)8(13)3-6/h1-3,12-13H,4-5H2,(H,11,14). The van der Waals surface area contributed by atoms with Crippen molar-refractivity contribution in [3.05, 3.63) is 23.8 Å². The van der Waals surface area contributed by atoms with Gasteiger partial charge >= 0.3 is 0 Å². The molecule has 0 bridgehead atoms. The minimum absolute atomic E-state index is 0.0573. The van der Waals surface area contributed by atoms with Gasteiger partial charge in [-0.15, -0.1) is 0 Å². The number of rotatable bonds is 3. The Morgan fingerprint density at radius 3 is 2.64 bits per heavy atom. The maximum absolute atomic E-state index is 10.9. The van der Waals surface area contributed by atoms with Gasteiger partial charge in [0.15, 0.2) is 11.5 Å². The van der Waals surface area contributed by atoms with Crippen LogP contribution in [0.1, 0.15) is 5.56 Å². The normalized spacial score (nSPS) is 9.79. The number of hydrogen-bond donors (Lipinski definition) is 3. The van der Waals surface area contributed by atoms with Gasteiger partial charge < -0.3 is 15.5 Å². The first-order valence-corrected chi connectivity index (χ1v) is 5.49. The summed E-state index contributed by atoms with van der Waals surface area (Å²) in [5, 5.41) is 20.8. The number of phenols is 2. The number of carbonyl (C=O) groups is 1. The van der Waals surface area contributed by atoms with Crippen LogP contribution in [0.5, 0.6) is 11.5 Å². The van der Waals surface area contributed by atoms with E-state index in [2.05, 4.69) is 5.32 Å². The molecule has 1 amide bonds. The van der Waals surface area contributed by atoms with E-state index >= 15 is 0 Å². The van der Waals surface area contributed by atoms with E-state index in [1.807, 2.05) is 22.6 Å². The van der Waals surface area contributed by atoms with Gasteiger partial charge in [0, 0.05) is 6.54 Å². The topological polar surface area (TPSA) is 69.6 Å². The summed E-state index contributed by atoms with van der Waals surface area (Å²) in [6, 6.07) is 4.45. The SMILES string of the molecule is O=C(CI)NCc1ccc(O)c(O)c1. The van der Waals surface area contributed by atoms with Crippen LogP contribution in [0.3, 0.4) is 0 Å². The van der Waals surface area contributed by atoms with Crippen LogP contribution in [-0.2, 0) is 11.3 Å². The molecule has 0 saturated heterocycles. The van der Waals surface area contributed by atoms with E-state index in [1.165, 1.54) is 12.1 Å². The van der Waals surface area contributed by atoms with Crippen LogP contribution in [0.15, 0.2) is 18.2 Å². The van der Waals surface area contributed by atoms with Crippen molar-refractivity contribution in [2.24, 2.45) is 0 Å². The number of benzene rings is 1. The number of halogens is 1. The largest absolute Gasteiger partial charge is 0.504 e. The molecule has 0 heterocycles. The number of phenolic OH excluding ortho intramolecular Hbond substituents is 2. The fraction of sp³-hybridized carbons (Fsp3) is 0.222. The minimum atomic E-state index is -0.175. The van der Waals surface area contributed by atoms with E-state index in [9.17, 15) is 4.79 Å². The van der Waals surface area contributed by atoms with Gasteiger partial charge in [0.1, 0.15) is 0 Å². The molecule has 5 heteroatoms. The van der Waals surface area contributed by atoms with Gasteiger partial charge in [-0.3, -0.25) is 4.79 Å². The molecule has 3 N–H and O–H groups in total. The highest BCUT2D eigenvalue weighted by molar-refractivity contribution is 14.1. The van der Waals surface area contributed by atoms with Gasteiger partial charge in [0.2, 0.25) is 5.91 Å². The molecule has 14 heavy (non-hydrogen) atoms. The second-order valence-electron chi connectivity index (χ2n) is 2.73. The Morgan fingerprint density at radius 2 is 2.07 bits per heavy atom. The van der Waals surface area contributed by atoms with Gasteiger partial charge in [-0.25, -0.2) is 0 Å². The van der Waals surface area contributed by atoms with Gasteiger partial charge in [-0.1, -0.05) is 28.7 Å². The van der Waals surface area contributed by atoms with Gasteiger partial charge in [0.25, 0.3) is 0 Å². The molecule has 0 aliphatic heterocycles. The molecule has 0 aliphatic carbocycles. The summed E-state index contributed by atoms with van der Waals surface area (Å²) in [6.45, 7) is 0.357. The summed E-state index contributed by atoms with van der Waals surface area (Å²) in [7, 11) is 0. The van der Waals surface area contributed by atoms with E-state index in [-0.39, 0.29) is 17.4 Å². The quantitative estimate of drug-likeness (QED) is 0.446. The van der Waals surface area contributed by atoms with Crippen molar-refractivity contribution in [1.82, 2.24) is 5.32 Å². The summed E-state index contributed by atoms with van der Waals surface area (Å²) in [6.07, 6.45) is 0. The van der Waals surface area contributed by atoms with Crippen LogP contribution in [0.25, 0.3) is 0 Å². The summed E-state index contributed by atoms with van der Waals surface area (Å²) in [5.41, 5.74) is 0.749. The van der Waals surface area contributed by atoms with E-state index in [1.54, 1.807) is 6.07 Å². The number of alkyl halides is 1. The lowest BCUT2D eigenvalue weighted by molar-refractivity contribution is -0.118. The van der Waals surface area contributed by atoms with Crippen LogP contribution < -0.4 is 5.32 Å². The Balaban J connectivity index is 2.60. The molecule has 4 nitrogen and oxygen atoms in total. The molecule has 0 atom stereocenters. The fourth-order valence-electron chi connectivity index (χ4n) is 0.927. The predicted octanol–water partition coefficient (Wildman–Crippen LogP) is 1.15. The second kappa shape index (κ2) is 5.04. The van der Waals surface area contributed by atoms with Crippen molar-refractivity contribution < 1.29 is 15.0 Å². The monoisotopic (exact) mass is 307 g/mol. The first-order chi connectivity index (χ1) is 6.63. The molecular formula is C9H10INO3. The molecule has 0 unspecified atom stereocenters. The molecule has 1 aromatic rings. The lowest BCUT2D eigenvalue weighted by Crippen LogP contribution is -2.23. The molecular weight excluding hydrogens is 297 g/mol. The van der Waals surface area contributed by atoms with E-state index in [4.69, 9.17) is 10.2 Å². The van der Waals surface area contributed by atoms with Gasteiger partial charge in [0.05, 0.1) is 4.43 Å². The highest BCUT2D eigenvalue weighted by Gasteiger charge is 2.02. The summed E-state index contributed by atoms with van der Waals surface area (Å²) in [5.74, 6) is -0.390. The lowest BCUT2D eigenvalue weighted by atomic mass is 10.2. The van der Waals surface area contributed by atoms with Crippen LogP contribution in [0.4, 0.5) is 0 Å². The summed E-state index contributed by atoms with van der Waals surface area (Å²) >= 11 is 1.97. The Morgan fingerprint density at radius 1 is 1.36 bits per heavy atom. The second-order valence-corrected chi connectivity index (χ2v) is 3.50. The van der Waals surface area contributed by atoms with Crippen molar-refractivity contribution in [2.45, 2.75) is 6.54 Å². The Kier molecular flexibility index (Phi) is 3.99. The third-order valence-corrected chi connectivity index (χ3v) is 2.34. The molecule has 1 rings (SSSR count). The van der Waals surface area contributed by atoms with Crippen LogP contribution in [0, 0.1) is 0 Å². The number of aromatic hydroxyl groups is 2. The van der Waals surface area contributed by atoms with Crippen molar-refractivity contribution in [3.63, 3.8) is 0 Å². The Hall–Kier alpha value is -0.980. The third kappa shape index (κ3) is 3.06. The molecule has 0 saturated carbocycles. The van der Waals surface area contributed by atoms with Crippen LogP contribution >= 0.6 is 22.6 Å². The maximum Gasteiger partial charge on any atom is 0.230 e. The fourth-order valence-corrected chi connectivity index (χ4v) is 1.20. The Labute approximate surface area is 95.1 Å². The zero-order valence-corrected chi connectivity index (χ0v) is 9.48. The minimum Gasteiger partial charge on any atom is -0.504 e. The summed E-state index contributed by atoms with van der Waals surface area (Å²) < 4.78 is 0.405. The first kappa shape index (κ1) is 11.1. The number of hydrogen-bond acceptors (Lipinski definition) is 3. The van der Waals surface area contributed by atoms with Gasteiger partial charge in [-0.2, -0.15) is 0 Å². The molecule has 76 valence electrons. The molecule has 0 fully saturated rings. The molecule has 0 aliphatic rings. The van der Waals surface area contributed by atoms with E-state index < -0.39 is 0 Å². The Bertz CT molecular complexity index is 341. The lowest BCUT2D eigenvalue weighted by Gasteiger charge is -2.04. The van der Waals surface area contributed by atoms with Crippen molar-refractivity contribution in [3.8, 4) is 11.5 Å². The highest BCUT2D eigenvalue weighted by Crippen LogP contribution is 2.24. The third-order valence-electron chi connectivity index (χ3n) is 1.65. The predicted molar refractivity (Wildman–Crippen MR) is 60.5 cm³/mol. The van der Waals surface area contributed by atoms with E-state index in [0.717, 1.165) is 5.56 Å². The van der Waals surface area contributed by atoms with Crippen LogP contribution in [-0.4, -0.2) is 20.5 Å². The number of carbonyl (C=O) groups excluding carboxylic acids is 1. The van der Waals surface area contributed by atoms with Crippen LogP contribution in [0.2, 0.25) is 0 Å². The molecule has 0 radical (unpaired) electrons. The van der Waals surface area contributed by atoms with Crippen molar-refractivity contribution in [1.29, 1.82) is 0 Å².